The smallest absolute Gasteiger partial charge is 0.174 e. The summed E-state index contributed by atoms with van der Waals surface area (Å²) in [6.45, 7) is -0.00179. The van der Waals surface area contributed by atoms with Gasteiger partial charge in [-0.15, -0.1) is 0 Å². The Labute approximate surface area is 177 Å². The Kier molecular flexibility index (Phi) is 6.67. The Morgan fingerprint density at radius 1 is 1.14 bits per heavy atom. The van der Waals surface area contributed by atoms with Gasteiger partial charge in [-0.3, -0.25) is 0 Å². The average Bonchev–Trinajstić information content (AvgIpc) is 2.67. The van der Waals surface area contributed by atoms with Gasteiger partial charge in [-0.2, -0.15) is 0 Å². The molecule has 0 aliphatic heterocycles. The summed E-state index contributed by atoms with van der Waals surface area (Å²) in [5, 5.41) is 9.85. The number of benzene rings is 2. The van der Waals surface area contributed by atoms with E-state index in [2.05, 4.69) is 21.7 Å². The Bertz CT molecular complexity index is 1090. The minimum atomic E-state index is -0.411. The van der Waals surface area contributed by atoms with Gasteiger partial charge in [0.05, 0.1) is 5.02 Å². The summed E-state index contributed by atoms with van der Waals surface area (Å²) in [6, 6.07) is 14.0. The van der Waals surface area contributed by atoms with Gasteiger partial charge >= 0.3 is 0 Å². The number of aromatic nitrogens is 1. The van der Waals surface area contributed by atoms with Crippen molar-refractivity contribution in [2.24, 2.45) is 0 Å². The van der Waals surface area contributed by atoms with Crippen molar-refractivity contribution < 1.29 is 9.13 Å². The van der Waals surface area contributed by atoms with Crippen LogP contribution in [0, 0.1) is 16.3 Å². The highest BCUT2D eigenvalue weighted by molar-refractivity contribution is 7.80. The van der Waals surface area contributed by atoms with E-state index in [1.807, 2.05) is 12.1 Å². The van der Waals surface area contributed by atoms with Gasteiger partial charge in [-0.1, -0.05) is 41.4 Å². The van der Waals surface area contributed by atoms with E-state index in [9.17, 15) is 4.39 Å². The molecule has 28 heavy (non-hydrogen) atoms. The number of thiocarbonyl (C=S) groups is 1. The monoisotopic (exact) mass is 435 g/mol. The number of pyridine rings is 1. The van der Waals surface area contributed by atoms with Crippen LogP contribution in [0.4, 0.5) is 10.2 Å². The molecule has 0 fully saturated rings. The van der Waals surface area contributed by atoms with Crippen LogP contribution in [0.3, 0.4) is 0 Å². The lowest BCUT2D eigenvalue weighted by Gasteiger charge is -2.13. The van der Waals surface area contributed by atoms with Gasteiger partial charge in [0.25, 0.3) is 0 Å². The van der Waals surface area contributed by atoms with Crippen LogP contribution in [0.5, 0.6) is 5.75 Å². The Balaban J connectivity index is 0.000000264. The third-order valence-electron chi connectivity index (χ3n) is 3.94. The summed E-state index contributed by atoms with van der Waals surface area (Å²) >= 11 is 16.6. The van der Waals surface area contributed by atoms with E-state index in [0.717, 1.165) is 5.02 Å². The molecule has 0 saturated carbocycles. The molecular weight excluding hydrogens is 420 g/mol. The quantitative estimate of drug-likeness (QED) is 0.425. The first-order chi connectivity index (χ1) is 13.5. The number of nitrogens with one attached hydrogen (secondary N) is 2. The standard InChI is InChI=1S/C14H13ClFN3OS.C6H3Cl/c1-17-14(21)19-13-12(6-3-7-18-13)20-8-9-10(15)4-2-5-11(9)16;7-6-3-4-1-2-5(4)6/h2-7H,8H2,1H3,(H2,17,18,19,21);1-3H. The van der Waals surface area contributed by atoms with Crippen LogP contribution in [0.1, 0.15) is 5.56 Å². The number of rotatable bonds is 4. The normalized spacial score (nSPS) is 10.4. The number of anilines is 1. The molecule has 0 bridgehead atoms. The summed E-state index contributed by atoms with van der Waals surface area (Å²) in [5.41, 5.74) is 0.296. The fraction of sp³-hybridized carbons (Fsp3) is 0.100. The molecule has 4 nitrogen and oxygen atoms in total. The summed E-state index contributed by atoms with van der Waals surface area (Å²) in [5.74, 6) is 0.491. The van der Waals surface area contributed by atoms with E-state index in [-0.39, 0.29) is 6.61 Å². The first kappa shape index (κ1) is 20.3. The van der Waals surface area contributed by atoms with Crippen LogP contribution in [-0.2, 0) is 6.61 Å². The molecule has 1 heterocycles. The highest BCUT2D eigenvalue weighted by Gasteiger charge is 2.10. The third kappa shape index (κ3) is 4.70. The SMILES string of the molecule is CNC(=S)Nc1ncccc1OCc1c(F)cccc1Cl.Clc1cc2ccc1=2. The minimum Gasteiger partial charge on any atom is -0.485 e. The third-order valence-corrected chi connectivity index (χ3v) is 4.92. The van der Waals surface area contributed by atoms with E-state index >= 15 is 0 Å². The van der Waals surface area contributed by atoms with Gasteiger partial charge < -0.3 is 15.4 Å². The van der Waals surface area contributed by atoms with Crippen molar-refractivity contribution in [1.82, 2.24) is 10.3 Å². The van der Waals surface area contributed by atoms with Gasteiger partial charge in [-0.05, 0) is 47.8 Å². The predicted molar refractivity (Wildman–Crippen MR) is 114 cm³/mol. The minimum absolute atomic E-state index is 0.00179. The van der Waals surface area contributed by atoms with Crippen molar-refractivity contribution in [2.75, 3.05) is 12.4 Å². The maximum atomic E-state index is 13.7. The average molecular weight is 436 g/mol. The van der Waals surface area contributed by atoms with E-state index in [1.54, 1.807) is 37.5 Å². The zero-order valence-corrected chi connectivity index (χ0v) is 17.1. The molecule has 0 amide bonds. The van der Waals surface area contributed by atoms with E-state index in [4.69, 9.17) is 40.2 Å². The molecule has 8 heteroatoms. The molecular formula is C20H16Cl2FN3OS. The second-order valence-corrected chi connectivity index (χ2v) is 6.96. The fourth-order valence-corrected chi connectivity index (χ4v) is 2.94. The van der Waals surface area contributed by atoms with Crippen LogP contribution < -0.4 is 15.4 Å². The van der Waals surface area contributed by atoms with Gasteiger partial charge in [0.15, 0.2) is 16.7 Å². The predicted octanol–water partition coefficient (Wildman–Crippen LogP) is 5.31. The number of halogens is 3. The Morgan fingerprint density at radius 2 is 1.96 bits per heavy atom. The Morgan fingerprint density at radius 3 is 2.50 bits per heavy atom. The second kappa shape index (κ2) is 9.19. The first-order valence-electron chi connectivity index (χ1n) is 8.29. The van der Waals surface area contributed by atoms with Crippen LogP contribution in [0.15, 0.2) is 54.7 Å². The van der Waals surface area contributed by atoms with Crippen molar-refractivity contribution in [3.05, 3.63) is 86.6 Å². The van der Waals surface area contributed by atoms with Crippen LogP contribution >= 0.6 is 35.4 Å². The molecule has 2 N–H and O–H groups in total. The topological polar surface area (TPSA) is 46.2 Å². The zero-order valence-electron chi connectivity index (χ0n) is 14.8. The fourth-order valence-electron chi connectivity index (χ4n) is 2.33. The maximum absolute atomic E-state index is 13.7. The number of nitrogens with zero attached hydrogens (tertiary/aromatic N) is 1. The number of hydrogen-bond donors (Lipinski definition) is 2. The summed E-state index contributed by atoms with van der Waals surface area (Å²) < 4.78 is 19.3. The first-order valence-corrected chi connectivity index (χ1v) is 9.45. The van der Waals surface area contributed by atoms with Gasteiger partial charge in [0.2, 0.25) is 0 Å². The molecule has 0 atom stereocenters. The molecule has 2 aromatic rings. The lowest BCUT2D eigenvalue weighted by molar-refractivity contribution is 0.300. The molecule has 0 radical (unpaired) electrons. The van der Waals surface area contributed by atoms with Crippen molar-refractivity contribution in [3.8, 4) is 5.75 Å². The van der Waals surface area contributed by atoms with Crippen molar-refractivity contribution in [2.45, 2.75) is 6.61 Å². The molecule has 1 aromatic carbocycles. The largest absolute Gasteiger partial charge is 0.485 e. The molecule has 2 aliphatic carbocycles. The number of hydrogen-bond acceptors (Lipinski definition) is 3. The van der Waals surface area contributed by atoms with Crippen molar-refractivity contribution in [1.29, 1.82) is 0 Å². The molecule has 144 valence electrons. The van der Waals surface area contributed by atoms with E-state index in [0.29, 0.717) is 27.3 Å². The lowest BCUT2D eigenvalue weighted by atomic mass is 10.1. The summed E-state index contributed by atoms with van der Waals surface area (Å²) in [4.78, 5) is 4.13. The Hall–Kier alpha value is -2.41. The lowest BCUT2D eigenvalue weighted by Crippen LogP contribution is -2.25. The molecule has 0 unspecified atom stereocenters. The number of ether oxygens (including phenoxy) is 1. The zero-order chi connectivity index (χ0) is 20.1. The molecule has 4 rings (SSSR count). The van der Waals surface area contributed by atoms with Crippen molar-refractivity contribution >= 4 is 46.4 Å². The highest BCUT2D eigenvalue weighted by Crippen LogP contribution is 2.25. The maximum Gasteiger partial charge on any atom is 0.174 e. The summed E-state index contributed by atoms with van der Waals surface area (Å²) in [7, 11) is 1.69. The molecule has 0 saturated heterocycles. The molecule has 1 aromatic heterocycles. The second-order valence-electron chi connectivity index (χ2n) is 5.74. The van der Waals surface area contributed by atoms with Crippen LogP contribution in [0.25, 0.3) is 0 Å². The van der Waals surface area contributed by atoms with Gasteiger partial charge in [-0.25, -0.2) is 9.37 Å². The summed E-state index contributed by atoms with van der Waals surface area (Å²) in [6.07, 6.45) is 1.60. The van der Waals surface area contributed by atoms with E-state index in [1.165, 1.54) is 16.5 Å². The van der Waals surface area contributed by atoms with Gasteiger partial charge in [0.1, 0.15) is 12.4 Å². The van der Waals surface area contributed by atoms with Crippen molar-refractivity contribution in [3.63, 3.8) is 0 Å². The molecule has 2 aliphatic rings. The van der Waals surface area contributed by atoms with Crippen LogP contribution in [-0.4, -0.2) is 17.1 Å². The molecule has 0 spiro atoms. The highest BCUT2D eigenvalue weighted by atomic mass is 35.5. The van der Waals surface area contributed by atoms with E-state index < -0.39 is 5.82 Å². The van der Waals surface area contributed by atoms with Crippen LogP contribution in [0.2, 0.25) is 10.0 Å². The van der Waals surface area contributed by atoms with Gasteiger partial charge in [0, 0.05) is 29.0 Å².